The van der Waals surface area contributed by atoms with E-state index in [1.165, 1.54) is 7.11 Å². The summed E-state index contributed by atoms with van der Waals surface area (Å²) in [4.78, 5) is 49.4. The summed E-state index contributed by atoms with van der Waals surface area (Å²) in [7, 11) is 1.47. The average molecular weight is 289 g/mol. The average Bonchev–Trinajstić information content (AvgIpc) is 2.68. The van der Waals surface area contributed by atoms with E-state index in [0.29, 0.717) is 5.06 Å². The molecule has 1 saturated heterocycles. The summed E-state index contributed by atoms with van der Waals surface area (Å²) in [5.41, 5.74) is 0. The molecule has 1 aliphatic heterocycles. The van der Waals surface area contributed by atoms with E-state index in [9.17, 15) is 19.2 Å². The highest BCUT2D eigenvalue weighted by Crippen LogP contribution is 2.12. The Balaban J connectivity index is 0.00000361. The van der Waals surface area contributed by atoms with Crippen molar-refractivity contribution in [2.45, 2.75) is 33.1 Å². The number of hydroxylamine groups is 2. The van der Waals surface area contributed by atoms with E-state index in [1.807, 2.05) is 0 Å². The number of hydrogen-bond acceptors (Lipinski definition) is 7. The van der Waals surface area contributed by atoms with Gasteiger partial charge in [-0.3, -0.25) is 14.4 Å². The minimum Gasteiger partial charge on any atom is -0.463 e. The topological polar surface area (TPSA) is 99.2 Å². The molecule has 2 amide bonds. The standard InChI is InChI=1S/C11H15NO7.CH4/c1-17-6-7-18-10(15)4-5-11(16)19-12-8(13)2-3-9(12)14;/h2-7H2,1H3;1H4. The Morgan fingerprint density at radius 2 is 1.60 bits per heavy atom. The first kappa shape index (κ1) is 18.0. The van der Waals surface area contributed by atoms with Gasteiger partial charge in [0.15, 0.2) is 0 Å². The first-order valence-electron chi connectivity index (χ1n) is 5.75. The van der Waals surface area contributed by atoms with Crippen molar-refractivity contribution in [1.82, 2.24) is 5.06 Å². The maximum atomic E-state index is 11.3. The molecule has 0 aromatic heterocycles. The highest BCUT2D eigenvalue weighted by atomic mass is 16.7. The maximum Gasteiger partial charge on any atom is 0.333 e. The van der Waals surface area contributed by atoms with Gasteiger partial charge in [-0.05, 0) is 0 Å². The lowest BCUT2D eigenvalue weighted by Crippen LogP contribution is -2.32. The molecule has 8 nitrogen and oxygen atoms in total. The fourth-order valence-corrected chi connectivity index (χ4v) is 1.32. The molecule has 0 spiro atoms. The Morgan fingerprint density at radius 1 is 1.05 bits per heavy atom. The molecule has 1 aliphatic rings. The van der Waals surface area contributed by atoms with Gasteiger partial charge in [0.05, 0.1) is 19.4 Å². The SMILES string of the molecule is C.COCCOC(=O)CCC(=O)ON1C(=O)CCC1=O. The van der Waals surface area contributed by atoms with Gasteiger partial charge in [0.1, 0.15) is 6.61 Å². The number of hydrogen-bond donors (Lipinski definition) is 0. The maximum absolute atomic E-state index is 11.3. The lowest BCUT2D eigenvalue weighted by Gasteiger charge is -2.12. The molecule has 0 unspecified atom stereocenters. The quantitative estimate of drug-likeness (QED) is 0.375. The Hall–Kier alpha value is -1.96. The Kier molecular flexibility index (Phi) is 8.14. The second-order valence-electron chi connectivity index (χ2n) is 3.76. The molecule has 1 rings (SSSR count). The van der Waals surface area contributed by atoms with Crippen LogP contribution in [0.4, 0.5) is 0 Å². The zero-order valence-electron chi connectivity index (χ0n) is 10.5. The van der Waals surface area contributed by atoms with Crippen molar-refractivity contribution in [3.05, 3.63) is 0 Å². The summed E-state index contributed by atoms with van der Waals surface area (Å²) in [5, 5.41) is 0.443. The fraction of sp³-hybridized carbons (Fsp3) is 0.667. The van der Waals surface area contributed by atoms with Crippen LogP contribution in [0.5, 0.6) is 0 Å². The monoisotopic (exact) mass is 289 g/mol. The van der Waals surface area contributed by atoms with Crippen LogP contribution in [0.3, 0.4) is 0 Å². The molecule has 0 bridgehead atoms. The molecule has 1 fully saturated rings. The first-order valence-corrected chi connectivity index (χ1v) is 5.75. The third-order valence-corrected chi connectivity index (χ3v) is 2.28. The van der Waals surface area contributed by atoms with Crippen LogP contribution in [-0.4, -0.2) is 49.1 Å². The van der Waals surface area contributed by atoms with Crippen molar-refractivity contribution in [2.75, 3.05) is 20.3 Å². The highest BCUT2D eigenvalue weighted by molar-refractivity contribution is 6.01. The molecule has 114 valence electrons. The number of nitrogens with zero attached hydrogens (tertiary/aromatic N) is 1. The first-order chi connectivity index (χ1) is 9.04. The van der Waals surface area contributed by atoms with E-state index in [-0.39, 0.29) is 46.3 Å². The molecule has 0 N–H and O–H groups in total. The number of methoxy groups -OCH3 is 1. The summed E-state index contributed by atoms with van der Waals surface area (Å²) in [6.07, 6.45) is -0.377. The largest absolute Gasteiger partial charge is 0.463 e. The number of amides is 2. The normalized spacial score (nSPS) is 13.9. The third-order valence-electron chi connectivity index (χ3n) is 2.28. The van der Waals surface area contributed by atoms with Crippen LogP contribution in [0, 0.1) is 0 Å². The van der Waals surface area contributed by atoms with Crippen LogP contribution in [0.25, 0.3) is 0 Å². The Labute approximate surface area is 116 Å². The summed E-state index contributed by atoms with van der Waals surface area (Å²) in [6.45, 7) is 0.375. The van der Waals surface area contributed by atoms with Crippen LogP contribution < -0.4 is 0 Å². The lowest BCUT2D eigenvalue weighted by molar-refractivity contribution is -0.197. The van der Waals surface area contributed by atoms with Crippen molar-refractivity contribution >= 4 is 23.8 Å². The number of carbonyl (C=O) groups is 4. The summed E-state index contributed by atoms with van der Waals surface area (Å²) >= 11 is 0. The van der Waals surface area contributed by atoms with Gasteiger partial charge in [-0.25, -0.2) is 4.79 Å². The van der Waals surface area contributed by atoms with Crippen LogP contribution >= 0.6 is 0 Å². The van der Waals surface area contributed by atoms with Gasteiger partial charge in [-0.1, -0.05) is 7.43 Å². The van der Waals surface area contributed by atoms with Gasteiger partial charge in [0.25, 0.3) is 11.8 Å². The summed E-state index contributed by atoms with van der Waals surface area (Å²) in [5.74, 6) is -2.51. The molecule has 0 radical (unpaired) electrons. The molecule has 20 heavy (non-hydrogen) atoms. The fourth-order valence-electron chi connectivity index (χ4n) is 1.32. The number of ether oxygens (including phenoxy) is 2. The molecule has 8 heteroatoms. The van der Waals surface area contributed by atoms with E-state index >= 15 is 0 Å². The summed E-state index contributed by atoms with van der Waals surface area (Å²) in [6, 6.07) is 0. The highest BCUT2D eigenvalue weighted by Gasteiger charge is 2.32. The van der Waals surface area contributed by atoms with Crippen molar-refractivity contribution in [2.24, 2.45) is 0 Å². The molecular weight excluding hydrogens is 270 g/mol. The second kappa shape index (κ2) is 9.03. The number of esters is 1. The molecule has 0 aromatic carbocycles. The zero-order chi connectivity index (χ0) is 14.3. The van der Waals surface area contributed by atoms with E-state index < -0.39 is 23.8 Å². The van der Waals surface area contributed by atoms with Crippen LogP contribution in [0.2, 0.25) is 0 Å². The number of carbonyl (C=O) groups excluding carboxylic acids is 4. The van der Waals surface area contributed by atoms with Crippen molar-refractivity contribution in [3.63, 3.8) is 0 Å². The van der Waals surface area contributed by atoms with E-state index in [1.54, 1.807) is 0 Å². The second-order valence-corrected chi connectivity index (χ2v) is 3.76. The Morgan fingerprint density at radius 3 is 2.15 bits per heavy atom. The van der Waals surface area contributed by atoms with Crippen molar-refractivity contribution in [1.29, 1.82) is 0 Å². The lowest BCUT2D eigenvalue weighted by atomic mass is 10.3. The van der Waals surface area contributed by atoms with Gasteiger partial charge in [0.2, 0.25) is 0 Å². The molecule has 0 aromatic rings. The predicted molar refractivity (Wildman–Crippen MR) is 66.0 cm³/mol. The number of rotatable bonds is 7. The van der Waals surface area contributed by atoms with E-state index in [0.717, 1.165) is 0 Å². The van der Waals surface area contributed by atoms with Crippen LogP contribution in [0.15, 0.2) is 0 Å². The molecule has 0 aliphatic carbocycles. The number of imide groups is 1. The van der Waals surface area contributed by atoms with Gasteiger partial charge >= 0.3 is 11.9 Å². The minimum absolute atomic E-state index is 0. The zero-order valence-corrected chi connectivity index (χ0v) is 10.5. The van der Waals surface area contributed by atoms with Gasteiger partial charge in [-0.2, -0.15) is 0 Å². The molecular formula is C12H19NO7. The molecule has 1 heterocycles. The van der Waals surface area contributed by atoms with Gasteiger partial charge in [0, 0.05) is 20.0 Å². The van der Waals surface area contributed by atoms with E-state index in [2.05, 4.69) is 9.57 Å². The minimum atomic E-state index is -0.827. The van der Waals surface area contributed by atoms with Crippen molar-refractivity contribution in [3.8, 4) is 0 Å². The van der Waals surface area contributed by atoms with Gasteiger partial charge < -0.3 is 14.3 Å². The smallest absolute Gasteiger partial charge is 0.333 e. The third kappa shape index (κ3) is 5.79. The van der Waals surface area contributed by atoms with Crippen LogP contribution in [0.1, 0.15) is 33.1 Å². The van der Waals surface area contributed by atoms with E-state index in [4.69, 9.17) is 4.74 Å². The Bertz CT molecular complexity index is 364. The van der Waals surface area contributed by atoms with Gasteiger partial charge in [-0.15, -0.1) is 5.06 Å². The predicted octanol–water partition coefficient (Wildman–Crippen LogP) is 0.200. The van der Waals surface area contributed by atoms with Crippen LogP contribution in [-0.2, 0) is 33.5 Å². The summed E-state index contributed by atoms with van der Waals surface area (Å²) < 4.78 is 9.41. The molecule has 0 saturated carbocycles. The molecule has 0 atom stereocenters. The van der Waals surface area contributed by atoms with Crippen molar-refractivity contribution < 1.29 is 33.5 Å².